The Labute approximate surface area is 138 Å². The quantitative estimate of drug-likeness (QED) is 0.715. The molecule has 0 aromatic heterocycles. The van der Waals surface area contributed by atoms with Crippen LogP contribution < -0.4 is 5.73 Å². The summed E-state index contributed by atoms with van der Waals surface area (Å²) < 4.78 is 78.4. The second kappa shape index (κ2) is 5.17. The first-order valence-corrected chi connectivity index (χ1v) is 8.79. The molecule has 1 aromatic rings. The van der Waals surface area contributed by atoms with Gasteiger partial charge in [0.25, 0.3) is 0 Å². The van der Waals surface area contributed by atoms with Crippen LogP contribution in [-0.2, 0) is 15.4 Å². The summed E-state index contributed by atoms with van der Waals surface area (Å²) in [7, 11) is -4.34. The van der Waals surface area contributed by atoms with Crippen LogP contribution in [0.1, 0.15) is 19.4 Å². The molecule has 128 valence electrons. The van der Waals surface area contributed by atoms with Crippen LogP contribution in [0.25, 0.3) is 0 Å². The first-order chi connectivity index (χ1) is 10.2. The van der Waals surface area contributed by atoms with Gasteiger partial charge < -0.3 is 5.73 Å². The van der Waals surface area contributed by atoms with E-state index in [4.69, 9.17) is 5.73 Å². The monoisotopic (exact) mass is 416 g/mol. The number of aliphatic imine (C=N–C) groups is 1. The number of hydrogen-bond acceptors (Lipinski definition) is 4. The van der Waals surface area contributed by atoms with Crippen LogP contribution >= 0.6 is 15.9 Å². The number of alkyl halides is 3. The first-order valence-electron chi connectivity index (χ1n) is 6.35. The molecule has 1 aliphatic heterocycles. The average molecular weight is 417 g/mol. The molecule has 0 fully saturated rings. The maximum Gasteiger partial charge on any atom is 0.418 e. The lowest BCUT2D eigenvalue weighted by atomic mass is 9.90. The Morgan fingerprint density at radius 3 is 2.35 bits per heavy atom. The van der Waals surface area contributed by atoms with Gasteiger partial charge in [-0.15, -0.1) is 0 Å². The lowest BCUT2D eigenvalue weighted by Gasteiger charge is -2.40. The number of hydrogen-bond donors (Lipinski definition) is 1. The van der Waals surface area contributed by atoms with Crippen molar-refractivity contribution in [1.29, 1.82) is 0 Å². The lowest BCUT2D eigenvalue weighted by Crippen LogP contribution is -2.60. The maximum atomic E-state index is 14.1. The molecule has 0 aliphatic carbocycles. The highest BCUT2D eigenvalue weighted by molar-refractivity contribution is 9.10. The Morgan fingerprint density at radius 1 is 1.30 bits per heavy atom. The van der Waals surface area contributed by atoms with Gasteiger partial charge in [-0.25, -0.2) is 17.8 Å². The van der Waals surface area contributed by atoms with Crippen LogP contribution in [0.2, 0.25) is 0 Å². The van der Waals surface area contributed by atoms with Gasteiger partial charge in [0.15, 0.2) is 15.4 Å². The van der Waals surface area contributed by atoms with E-state index < -0.39 is 49.3 Å². The van der Waals surface area contributed by atoms with Crippen LogP contribution in [-0.4, -0.2) is 30.9 Å². The zero-order chi connectivity index (χ0) is 17.8. The molecule has 10 heteroatoms. The van der Waals surface area contributed by atoms with Gasteiger partial charge in [-0.2, -0.15) is 13.2 Å². The van der Waals surface area contributed by atoms with Crippen molar-refractivity contribution in [2.45, 2.75) is 30.3 Å². The third kappa shape index (κ3) is 2.65. The van der Waals surface area contributed by atoms with Gasteiger partial charge in [-0.3, -0.25) is 0 Å². The van der Waals surface area contributed by atoms with Crippen molar-refractivity contribution in [3.05, 3.63) is 34.1 Å². The number of nitrogens with zero attached hydrogens (tertiary/aromatic N) is 1. The smallest absolute Gasteiger partial charge is 0.386 e. The molecule has 0 bridgehead atoms. The zero-order valence-corrected chi connectivity index (χ0v) is 14.5. The third-order valence-corrected chi connectivity index (χ3v) is 7.00. The third-order valence-electron chi connectivity index (χ3n) is 3.95. The van der Waals surface area contributed by atoms with E-state index in [1.165, 1.54) is 19.9 Å². The molecule has 0 spiro atoms. The number of halogens is 5. The van der Waals surface area contributed by atoms with E-state index >= 15 is 0 Å². The molecular weight excluding hydrogens is 404 g/mol. The highest BCUT2D eigenvalue weighted by Gasteiger charge is 2.64. The van der Waals surface area contributed by atoms with Crippen molar-refractivity contribution < 1.29 is 26.0 Å². The minimum Gasteiger partial charge on any atom is -0.386 e. The van der Waals surface area contributed by atoms with Crippen molar-refractivity contribution in [3.8, 4) is 0 Å². The predicted molar refractivity (Wildman–Crippen MR) is 81.3 cm³/mol. The van der Waals surface area contributed by atoms with Crippen molar-refractivity contribution in [1.82, 2.24) is 0 Å². The fraction of sp³-hybridized carbons (Fsp3) is 0.462. The van der Waals surface area contributed by atoms with Gasteiger partial charge in [-0.1, -0.05) is 15.9 Å². The summed E-state index contributed by atoms with van der Waals surface area (Å²) in [5.74, 6) is -3.33. The summed E-state index contributed by atoms with van der Waals surface area (Å²) in [6.45, 7) is 2.33. The van der Waals surface area contributed by atoms with Crippen molar-refractivity contribution in [2.24, 2.45) is 10.7 Å². The van der Waals surface area contributed by atoms with Gasteiger partial charge in [-0.05, 0) is 32.0 Å². The molecule has 1 aliphatic rings. The number of nitrogens with two attached hydrogens (primary N) is 1. The molecule has 1 heterocycles. The van der Waals surface area contributed by atoms with Crippen LogP contribution in [0.4, 0.5) is 17.6 Å². The fourth-order valence-electron chi connectivity index (χ4n) is 2.24. The van der Waals surface area contributed by atoms with Crippen LogP contribution in [0, 0.1) is 5.82 Å². The van der Waals surface area contributed by atoms with Crippen LogP contribution in [0.3, 0.4) is 0 Å². The molecular formula is C13H13BrF4N2O2S. The summed E-state index contributed by atoms with van der Waals surface area (Å²) >= 11 is 2.96. The Hall–Kier alpha value is -1.16. The summed E-state index contributed by atoms with van der Waals surface area (Å²) in [5.41, 5.74) is 1.36. The van der Waals surface area contributed by atoms with E-state index in [1.807, 2.05) is 0 Å². The molecule has 0 radical (unpaired) electrons. The number of sulfone groups is 1. The Morgan fingerprint density at radius 2 is 1.87 bits per heavy atom. The van der Waals surface area contributed by atoms with E-state index in [1.54, 1.807) is 0 Å². The fourth-order valence-corrected chi connectivity index (χ4v) is 4.26. The summed E-state index contributed by atoms with van der Waals surface area (Å²) in [6, 6.07) is 2.88. The standard InChI is InChI=1S/C13H13BrF4N2O2S/c1-11(2)10(19)20-12(13(16,17)18,6-23(11,21)22)8-5-7(14)3-4-9(8)15/h3-5H,6H2,1-2H3,(H2,19,20)/t12-/m1/s1. The second-order valence-corrected chi connectivity index (χ2v) is 9.20. The van der Waals surface area contributed by atoms with Gasteiger partial charge in [0.2, 0.25) is 0 Å². The van der Waals surface area contributed by atoms with Gasteiger partial charge in [0.05, 0.1) is 5.75 Å². The topological polar surface area (TPSA) is 72.5 Å². The normalized spacial score (nSPS) is 26.7. The van der Waals surface area contributed by atoms with Crippen LogP contribution in [0.15, 0.2) is 27.7 Å². The predicted octanol–water partition coefficient (Wildman–Crippen LogP) is 2.91. The van der Waals surface area contributed by atoms with Crippen molar-refractivity contribution in [2.75, 3.05) is 5.75 Å². The molecule has 0 amide bonds. The minimum atomic E-state index is -5.15. The Bertz CT molecular complexity index is 790. The zero-order valence-electron chi connectivity index (χ0n) is 12.1. The Kier molecular flexibility index (Phi) is 4.09. The van der Waals surface area contributed by atoms with Crippen molar-refractivity contribution >= 4 is 31.6 Å². The summed E-state index contributed by atoms with van der Waals surface area (Å²) in [4.78, 5) is 3.44. The first kappa shape index (κ1) is 18.2. The molecule has 2 rings (SSSR count). The summed E-state index contributed by atoms with van der Waals surface area (Å²) in [5, 5.41) is 0. The Balaban J connectivity index is 2.90. The van der Waals surface area contributed by atoms with E-state index in [0.29, 0.717) is 0 Å². The molecule has 0 unspecified atom stereocenters. The van der Waals surface area contributed by atoms with E-state index in [9.17, 15) is 26.0 Å². The highest BCUT2D eigenvalue weighted by atomic mass is 79.9. The highest BCUT2D eigenvalue weighted by Crippen LogP contribution is 2.48. The van der Waals surface area contributed by atoms with E-state index in [0.717, 1.165) is 12.1 Å². The van der Waals surface area contributed by atoms with E-state index in [-0.39, 0.29) is 4.47 Å². The van der Waals surface area contributed by atoms with Crippen molar-refractivity contribution in [3.63, 3.8) is 0 Å². The van der Waals surface area contributed by atoms with Gasteiger partial charge >= 0.3 is 6.18 Å². The molecule has 0 saturated carbocycles. The molecule has 1 aromatic carbocycles. The SMILES string of the molecule is CC1(C)C(N)=N[C@](c2cc(Br)ccc2F)(C(F)(F)F)CS1(=O)=O. The van der Waals surface area contributed by atoms with Crippen LogP contribution in [0.5, 0.6) is 0 Å². The lowest BCUT2D eigenvalue weighted by molar-refractivity contribution is -0.183. The molecule has 2 N–H and O–H groups in total. The van der Waals surface area contributed by atoms with Gasteiger partial charge in [0.1, 0.15) is 16.4 Å². The molecule has 23 heavy (non-hydrogen) atoms. The number of benzene rings is 1. The van der Waals surface area contributed by atoms with E-state index in [2.05, 4.69) is 20.9 Å². The van der Waals surface area contributed by atoms with Gasteiger partial charge in [0, 0.05) is 10.0 Å². The largest absolute Gasteiger partial charge is 0.418 e. The summed E-state index contributed by atoms with van der Waals surface area (Å²) in [6.07, 6.45) is -5.15. The molecule has 1 atom stereocenters. The average Bonchev–Trinajstić information content (AvgIpc) is 2.37. The molecule has 0 saturated heterocycles. The minimum absolute atomic E-state index is 0.161. The maximum absolute atomic E-state index is 14.1. The molecule has 4 nitrogen and oxygen atoms in total. The number of amidine groups is 1. The number of rotatable bonds is 1. The second-order valence-electron chi connectivity index (χ2n) is 5.75.